The Labute approximate surface area is 155 Å². The zero-order valence-electron chi connectivity index (χ0n) is 14.9. The maximum absolute atomic E-state index is 13.0. The predicted octanol–water partition coefficient (Wildman–Crippen LogP) is 0.705. The van der Waals surface area contributed by atoms with Crippen molar-refractivity contribution in [3.63, 3.8) is 0 Å². The topological polar surface area (TPSA) is 87.5 Å². The number of nitrogens with one attached hydrogen (secondary N) is 1. The average Bonchev–Trinajstić information content (AvgIpc) is 3.36. The van der Waals surface area contributed by atoms with Gasteiger partial charge in [0.05, 0.1) is 12.0 Å². The Kier molecular flexibility index (Phi) is 3.22. The first-order valence-electron chi connectivity index (χ1n) is 9.03. The number of hydrogen-bond donors (Lipinski definition) is 1. The molecule has 27 heavy (non-hydrogen) atoms. The van der Waals surface area contributed by atoms with Crippen LogP contribution >= 0.6 is 0 Å². The molecule has 4 heterocycles. The van der Waals surface area contributed by atoms with E-state index in [0.717, 1.165) is 11.3 Å². The van der Waals surface area contributed by atoms with Crippen molar-refractivity contribution in [2.45, 2.75) is 18.4 Å². The summed E-state index contributed by atoms with van der Waals surface area (Å²) in [5.74, 6) is -0.420. The number of hydrogen-bond acceptors (Lipinski definition) is 4. The summed E-state index contributed by atoms with van der Waals surface area (Å²) in [5, 5.41) is 7.27. The molecule has 1 unspecified atom stereocenters. The van der Waals surface area contributed by atoms with Gasteiger partial charge in [-0.3, -0.25) is 19.1 Å². The number of carbonyl (C=O) groups excluding carboxylic acids is 3. The van der Waals surface area contributed by atoms with Gasteiger partial charge in [0, 0.05) is 38.4 Å². The summed E-state index contributed by atoms with van der Waals surface area (Å²) in [5.41, 5.74) is 1.78. The standard InChI is InChI=1S/C19H19N5O3/c1-22-8-9-24-15(17(22)26)10-14(21-24)16(25)23-7-6-19(11-23)12-4-2-3-5-13(12)20-18(19)27/h2-5,10H,6-9,11H2,1H3,(H,20,27). The smallest absolute Gasteiger partial charge is 0.274 e. The van der Waals surface area contributed by atoms with Crippen LogP contribution in [-0.2, 0) is 16.8 Å². The molecular formula is C19H19N5O3. The molecule has 8 heteroatoms. The molecule has 1 atom stereocenters. The molecule has 1 saturated heterocycles. The highest BCUT2D eigenvalue weighted by Gasteiger charge is 2.52. The van der Waals surface area contributed by atoms with Gasteiger partial charge in [-0.2, -0.15) is 5.10 Å². The molecule has 8 nitrogen and oxygen atoms in total. The maximum atomic E-state index is 13.0. The van der Waals surface area contributed by atoms with E-state index in [2.05, 4.69) is 10.4 Å². The Morgan fingerprint density at radius 3 is 2.85 bits per heavy atom. The molecule has 0 radical (unpaired) electrons. The molecule has 1 aromatic heterocycles. The van der Waals surface area contributed by atoms with Gasteiger partial charge in [-0.25, -0.2) is 0 Å². The number of rotatable bonds is 1. The highest BCUT2D eigenvalue weighted by atomic mass is 16.2. The van der Waals surface area contributed by atoms with Crippen LogP contribution in [0.15, 0.2) is 30.3 Å². The molecule has 5 rings (SSSR count). The minimum atomic E-state index is -0.693. The van der Waals surface area contributed by atoms with Gasteiger partial charge in [-0.1, -0.05) is 18.2 Å². The fourth-order valence-corrected chi connectivity index (χ4v) is 4.33. The van der Waals surface area contributed by atoms with Crippen molar-refractivity contribution in [3.8, 4) is 0 Å². The minimum absolute atomic E-state index is 0.0556. The highest BCUT2D eigenvalue weighted by Crippen LogP contribution is 2.44. The average molecular weight is 365 g/mol. The Morgan fingerprint density at radius 2 is 2.00 bits per heavy atom. The zero-order chi connectivity index (χ0) is 18.8. The van der Waals surface area contributed by atoms with Crippen molar-refractivity contribution >= 4 is 23.4 Å². The van der Waals surface area contributed by atoms with Crippen molar-refractivity contribution in [2.75, 3.05) is 32.0 Å². The molecule has 1 spiro atoms. The molecule has 1 fully saturated rings. The summed E-state index contributed by atoms with van der Waals surface area (Å²) in [6.45, 7) is 1.96. The largest absolute Gasteiger partial charge is 0.339 e. The fourth-order valence-electron chi connectivity index (χ4n) is 4.33. The van der Waals surface area contributed by atoms with Crippen molar-refractivity contribution in [3.05, 3.63) is 47.3 Å². The van der Waals surface area contributed by atoms with Crippen LogP contribution < -0.4 is 5.32 Å². The van der Waals surface area contributed by atoms with Crippen molar-refractivity contribution in [1.29, 1.82) is 0 Å². The van der Waals surface area contributed by atoms with E-state index in [1.165, 1.54) is 0 Å². The SMILES string of the molecule is CN1CCn2nc(C(=O)N3CCC4(C3)C(=O)Nc3ccccc34)cc2C1=O. The molecule has 0 bridgehead atoms. The summed E-state index contributed by atoms with van der Waals surface area (Å²) >= 11 is 0. The number of benzene rings is 1. The molecule has 1 aromatic carbocycles. The van der Waals surface area contributed by atoms with E-state index in [4.69, 9.17) is 0 Å². The normalized spacial score (nSPS) is 23.6. The van der Waals surface area contributed by atoms with Crippen LogP contribution in [0.4, 0.5) is 5.69 Å². The molecule has 0 aliphatic carbocycles. The van der Waals surface area contributed by atoms with E-state index in [9.17, 15) is 14.4 Å². The van der Waals surface area contributed by atoms with Gasteiger partial charge >= 0.3 is 0 Å². The number of nitrogens with zero attached hydrogens (tertiary/aromatic N) is 4. The van der Waals surface area contributed by atoms with Crippen molar-refractivity contribution in [1.82, 2.24) is 19.6 Å². The molecule has 138 valence electrons. The number of carbonyl (C=O) groups is 3. The summed E-state index contributed by atoms with van der Waals surface area (Å²) < 4.78 is 1.60. The second kappa shape index (κ2) is 5.42. The highest BCUT2D eigenvalue weighted by molar-refractivity contribution is 6.07. The third-order valence-electron chi connectivity index (χ3n) is 5.89. The Hall–Kier alpha value is -3.16. The van der Waals surface area contributed by atoms with Gasteiger partial charge in [0.1, 0.15) is 5.69 Å². The summed E-state index contributed by atoms with van der Waals surface area (Å²) in [6, 6.07) is 9.20. The van der Waals surface area contributed by atoms with Crippen LogP contribution in [0.1, 0.15) is 33.0 Å². The van der Waals surface area contributed by atoms with E-state index >= 15 is 0 Å². The van der Waals surface area contributed by atoms with Crippen molar-refractivity contribution in [2.24, 2.45) is 0 Å². The van der Waals surface area contributed by atoms with Gasteiger partial charge in [-0.15, -0.1) is 0 Å². The molecule has 3 aliphatic rings. The number of fused-ring (bicyclic) bond motifs is 3. The quantitative estimate of drug-likeness (QED) is 0.806. The molecule has 3 aliphatic heterocycles. The Bertz CT molecular complexity index is 997. The lowest BCUT2D eigenvalue weighted by Crippen LogP contribution is -2.39. The third-order valence-corrected chi connectivity index (χ3v) is 5.89. The molecule has 1 N–H and O–H groups in total. The number of likely N-dealkylation sites (N-methyl/N-ethyl adjacent to an activating group) is 1. The lowest BCUT2D eigenvalue weighted by Gasteiger charge is -2.22. The van der Waals surface area contributed by atoms with Gasteiger partial charge in [0.2, 0.25) is 5.91 Å². The number of anilines is 1. The second-order valence-corrected chi connectivity index (χ2v) is 7.42. The Morgan fingerprint density at radius 1 is 1.19 bits per heavy atom. The molecule has 3 amide bonds. The van der Waals surface area contributed by atoms with Crippen LogP contribution in [0.3, 0.4) is 0 Å². The summed E-state index contributed by atoms with van der Waals surface area (Å²) in [4.78, 5) is 41.2. The van der Waals surface area contributed by atoms with Crippen LogP contribution in [0.2, 0.25) is 0 Å². The lowest BCUT2D eigenvalue weighted by atomic mass is 9.81. The van der Waals surface area contributed by atoms with Gasteiger partial charge in [-0.05, 0) is 18.1 Å². The number of aromatic nitrogens is 2. The van der Waals surface area contributed by atoms with E-state index in [0.29, 0.717) is 38.3 Å². The molecular weight excluding hydrogens is 346 g/mol. The number of likely N-dealkylation sites (tertiary alicyclic amines) is 1. The maximum Gasteiger partial charge on any atom is 0.274 e. The van der Waals surface area contributed by atoms with E-state index in [-0.39, 0.29) is 23.4 Å². The first-order chi connectivity index (χ1) is 13.0. The monoisotopic (exact) mass is 365 g/mol. The van der Waals surface area contributed by atoms with E-state index in [1.54, 1.807) is 27.6 Å². The molecule has 0 saturated carbocycles. The van der Waals surface area contributed by atoms with E-state index < -0.39 is 5.41 Å². The summed E-state index contributed by atoms with van der Waals surface area (Å²) in [7, 11) is 1.74. The van der Waals surface area contributed by atoms with Crippen LogP contribution in [-0.4, -0.2) is 64.0 Å². The zero-order valence-corrected chi connectivity index (χ0v) is 14.9. The number of para-hydroxylation sites is 1. The first-order valence-corrected chi connectivity index (χ1v) is 9.03. The second-order valence-electron chi connectivity index (χ2n) is 7.42. The van der Waals surface area contributed by atoms with Crippen LogP contribution in [0, 0.1) is 0 Å². The van der Waals surface area contributed by atoms with Gasteiger partial charge in [0.15, 0.2) is 5.69 Å². The van der Waals surface area contributed by atoms with E-state index in [1.807, 2.05) is 24.3 Å². The van der Waals surface area contributed by atoms with Gasteiger partial charge < -0.3 is 15.1 Å². The van der Waals surface area contributed by atoms with Crippen molar-refractivity contribution < 1.29 is 14.4 Å². The third kappa shape index (κ3) is 2.16. The van der Waals surface area contributed by atoms with Crippen LogP contribution in [0.5, 0.6) is 0 Å². The lowest BCUT2D eigenvalue weighted by molar-refractivity contribution is -0.120. The first kappa shape index (κ1) is 16.0. The minimum Gasteiger partial charge on any atom is -0.339 e. The Balaban J connectivity index is 1.43. The number of amides is 3. The fraction of sp³-hybridized carbons (Fsp3) is 0.368. The summed E-state index contributed by atoms with van der Waals surface area (Å²) in [6.07, 6.45) is 0.580. The van der Waals surface area contributed by atoms with Crippen LogP contribution in [0.25, 0.3) is 0 Å². The predicted molar refractivity (Wildman–Crippen MR) is 96.5 cm³/mol. The molecule has 2 aromatic rings. The van der Waals surface area contributed by atoms with Gasteiger partial charge in [0.25, 0.3) is 11.8 Å².